The highest BCUT2D eigenvalue weighted by Gasteiger charge is 2.30. The van der Waals surface area contributed by atoms with Crippen LogP contribution in [0.4, 0.5) is 0 Å². The molecule has 594 valence electrons. The molecule has 17 nitrogen and oxygen atoms in total. The number of esters is 4. The lowest BCUT2D eigenvalue weighted by Crippen LogP contribution is -2.30. The van der Waals surface area contributed by atoms with Gasteiger partial charge in [-0.2, -0.15) is 0 Å². The van der Waals surface area contributed by atoms with Crippen molar-refractivity contribution >= 4 is 39.5 Å². The van der Waals surface area contributed by atoms with Gasteiger partial charge in [-0.1, -0.05) is 364 Å². The second-order valence-corrected chi connectivity index (χ2v) is 33.7. The number of phosphoric ester groups is 2. The molecule has 0 aromatic carbocycles. The molecule has 0 rings (SSSR count). The van der Waals surface area contributed by atoms with Gasteiger partial charge < -0.3 is 33.8 Å². The zero-order chi connectivity index (χ0) is 73.8. The maximum atomic E-state index is 13.1. The largest absolute Gasteiger partial charge is 0.472 e. The fourth-order valence-corrected chi connectivity index (χ4v) is 14.0. The molecule has 0 saturated heterocycles. The van der Waals surface area contributed by atoms with Crippen molar-refractivity contribution in [3.8, 4) is 0 Å². The van der Waals surface area contributed by atoms with Gasteiger partial charge in [-0.15, -0.1) is 0 Å². The number of phosphoric acid groups is 2. The van der Waals surface area contributed by atoms with Gasteiger partial charge in [-0.05, 0) is 49.4 Å². The van der Waals surface area contributed by atoms with Gasteiger partial charge >= 0.3 is 39.5 Å². The summed E-state index contributed by atoms with van der Waals surface area (Å²) in [6.07, 6.45) is 57.0. The van der Waals surface area contributed by atoms with E-state index in [9.17, 15) is 43.2 Å². The van der Waals surface area contributed by atoms with Gasteiger partial charge in [0, 0.05) is 25.7 Å². The predicted octanol–water partition coefficient (Wildman–Crippen LogP) is 24.0. The second-order valence-electron chi connectivity index (χ2n) is 30.8. The van der Waals surface area contributed by atoms with Crippen LogP contribution in [0.3, 0.4) is 0 Å². The average Bonchev–Trinajstić information content (AvgIpc) is 0.953. The highest BCUT2D eigenvalue weighted by Crippen LogP contribution is 2.45. The van der Waals surface area contributed by atoms with Crippen LogP contribution in [0, 0.1) is 23.7 Å². The first kappa shape index (κ1) is 98.1. The van der Waals surface area contributed by atoms with E-state index in [4.69, 9.17) is 37.0 Å². The number of carbonyl (C=O) groups is 4. The molecule has 0 amide bonds. The molecule has 0 fully saturated rings. The van der Waals surface area contributed by atoms with E-state index in [0.717, 1.165) is 114 Å². The third-order valence-corrected chi connectivity index (χ3v) is 21.1. The monoisotopic (exact) mass is 1470 g/mol. The molecular weight excluding hydrogens is 1310 g/mol. The van der Waals surface area contributed by atoms with Crippen LogP contribution >= 0.6 is 15.6 Å². The van der Waals surface area contributed by atoms with Crippen LogP contribution in [0.5, 0.6) is 0 Å². The number of ether oxygens (including phenoxy) is 4. The molecule has 19 heteroatoms. The van der Waals surface area contributed by atoms with Gasteiger partial charge in [0.05, 0.1) is 26.4 Å². The van der Waals surface area contributed by atoms with Crippen LogP contribution in [0.2, 0.25) is 0 Å². The summed E-state index contributed by atoms with van der Waals surface area (Å²) in [5.41, 5.74) is 0. The number of rotatable bonds is 78. The minimum Gasteiger partial charge on any atom is -0.462 e. The minimum atomic E-state index is -4.96. The molecule has 0 bridgehead atoms. The first-order valence-corrected chi connectivity index (χ1v) is 44.7. The van der Waals surface area contributed by atoms with Gasteiger partial charge in [0.25, 0.3) is 0 Å². The Labute approximate surface area is 613 Å². The Morgan fingerprint density at radius 2 is 0.480 bits per heavy atom. The van der Waals surface area contributed by atoms with E-state index in [1.807, 2.05) is 0 Å². The van der Waals surface area contributed by atoms with Gasteiger partial charge in [0.15, 0.2) is 12.2 Å². The maximum Gasteiger partial charge on any atom is 0.472 e. The third-order valence-electron chi connectivity index (χ3n) is 19.2. The summed E-state index contributed by atoms with van der Waals surface area (Å²) >= 11 is 0. The Morgan fingerprint density at radius 1 is 0.280 bits per heavy atom. The fourth-order valence-electron chi connectivity index (χ4n) is 12.4. The van der Waals surface area contributed by atoms with E-state index in [1.54, 1.807) is 0 Å². The van der Waals surface area contributed by atoms with Crippen LogP contribution in [0.1, 0.15) is 415 Å². The van der Waals surface area contributed by atoms with Crippen LogP contribution < -0.4 is 0 Å². The fraction of sp³-hybridized carbons (Fsp3) is 0.951. The van der Waals surface area contributed by atoms with Crippen molar-refractivity contribution in [2.45, 2.75) is 433 Å². The SMILES string of the molecule is CCC(C)CCCCCCCCCCCCCCCCC(=O)O[C@H](COC(=O)CCCCCCCCC(C)C)COP(=O)(O)OC[C@H](O)COP(=O)(O)OC[C@@H](COC(=O)CCCCCCCCCCCCCCC(C)C)OC(=O)CCCCCCCCCCCCCCCCCC(C)C. The molecule has 0 spiro atoms. The lowest BCUT2D eigenvalue weighted by atomic mass is 9.99. The summed E-state index contributed by atoms with van der Waals surface area (Å²) in [5.74, 6) is 0.994. The van der Waals surface area contributed by atoms with Gasteiger partial charge in [0.2, 0.25) is 0 Å². The predicted molar refractivity (Wildman–Crippen MR) is 409 cm³/mol. The van der Waals surface area contributed by atoms with Gasteiger partial charge in [0.1, 0.15) is 19.3 Å². The normalized spacial score (nSPS) is 14.3. The summed E-state index contributed by atoms with van der Waals surface area (Å²) in [6.45, 7) is 14.3. The van der Waals surface area contributed by atoms with E-state index in [-0.39, 0.29) is 25.7 Å². The summed E-state index contributed by atoms with van der Waals surface area (Å²) in [4.78, 5) is 73.0. The minimum absolute atomic E-state index is 0.106. The van der Waals surface area contributed by atoms with E-state index >= 15 is 0 Å². The number of carbonyl (C=O) groups excluding carboxylic acids is 4. The van der Waals surface area contributed by atoms with Gasteiger partial charge in [-0.3, -0.25) is 37.3 Å². The molecule has 0 radical (unpaired) electrons. The Morgan fingerprint density at radius 3 is 0.710 bits per heavy atom. The highest BCUT2D eigenvalue weighted by molar-refractivity contribution is 7.47. The Kier molecular flexibility index (Phi) is 68.7. The number of hydrogen-bond donors (Lipinski definition) is 3. The smallest absolute Gasteiger partial charge is 0.462 e. The van der Waals surface area contributed by atoms with Crippen molar-refractivity contribution < 1.29 is 80.2 Å². The molecule has 6 atom stereocenters. The number of hydrogen-bond acceptors (Lipinski definition) is 15. The molecular formula is C81H158O17P2. The zero-order valence-electron chi connectivity index (χ0n) is 65.8. The first-order chi connectivity index (χ1) is 48.1. The quantitative estimate of drug-likeness (QED) is 0.0222. The number of aliphatic hydroxyl groups is 1. The summed E-state index contributed by atoms with van der Waals surface area (Å²) in [7, 11) is -9.92. The average molecular weight is 1470 g/mol. The van der Waals surface area contributed by atoms with Crippen molar-refractivity contribution in [2.75, 3.05) is 39.6 Å². The molecule has 3 N–H and O–H groups in total. The maximum absolute atomic E-state index is 13.1. The van der Waals surface area contributed by atoms with Crippen LogP contribution in [0.15, 0.2) is 0 Å². The molecule has 100 heavy (non-hydrogen) atoms. The standard InChI is InChI=1S/C81H158O17P2/c1-9-74(8)60-52-44-35-29-23-16-13-14-18-26-32-38-48-56-64-81(86)98-77(68-92-79(84)62-54-46-40-39-43-51-59-73(6)7)70-96-100(89,90)94-66-75(82)65-93-99(87,88)95-69-76(67-91-78(83)61-53-45-36-30-24-20-19-22-28-34-42-50-58-72(4)5)97-80(85)63-55-47-37-31-25-17-12-10-11-15-21-27-33-41-49-57-71(2)3/h71-77,82H,9-70H2,1-8H3,(H,87,88)(H,89,90)/t74?,75-,76-,77-/m1/s1. The molecule has 0 aromatic heterocycles. The van der Waals surface area contributed by atoms with Crippen molar-refractivity contribution in [3.05, 3.63) is 0 Å². The van der Waals surface area contributed by atoms with Crippen LogP contribution in [0.25, 0.3) is 0 Å². The van der Waals surface area contributed by atoms with Crippen molar-refractivity contribution in [2.24, 2.45) is 23.7 Å². The lowest BCUT2D eigenvalue weighted by molar-refractivity contribution is -0.161. The molecule has 0 saturated carbocycles. The molecule has 0 aliphatic heterocycles. The van der Waals surface area contributed by atoms with Crippen molar-refractivity contribution in [1.82, 2.24) is 0 Å². The van der Waals surface area contributed by atoms with E-state index < -0.39 is 97.5 Å². The molecule has 0 aliphatic rings. The highest BCUT2D eigenvalue weighted by atomic mass is 31.2. The first-order valence-electron chi connectivity index (χ1n) is 41.7. The number of aliphatic hydroxyl groups excluding tert-OH is 1. The van der Waals surface area contributed by atoms with E-state index in [2.05, 4.69) is 55.4 Å². The van der Waals surface area contributed by atoms with Crippen molar-refractivity contribution in [1.29, 1.82) is 0 Å². The van der Waals surface area contributed by atoms with Crippen molar-refractivity contribution in [3.63, 3.8) is 0 Å². The summed E-state index contributed by atoms with van der Waals surface area (Å²) in [6, 6.07) is 0. The van der Waals surface area contributed by atoms with E-state index in [0.29, 0.717) is 31.6 Å². The van der Waals surface area contributed by atoms with E-state index in [1.165, 1.54) is 212 Å². The molecule has 3 unspecified atom stereocenters. The lowest BCUT2D eigenvalue weighted by Gasteiger charge is -2.21. The Bertz CT molecular complexity index is 1960. The van der Waals surface area contributed by atoms with Crippen LogP contribution in [-0.4, -0.2) is 96.7 Å². The summed E-state index contributed by atoms with van der Waals surface area (Å²) < 4.78 is 68.7. The second kappa shape index (κ2) is 70.1. The van der Waals surface area contributed by atoms with Crippen LogP contribution in [-0.2, 0) is 65.4 Å². The third kappa shape index (κ3) is 73.0. The molecule has 0 aliphatic carbocycles. The Balaban J connectivity index is 5.23. The topological polar surface area (TPSA) is 237 Å². The Hall–Kier alpha value is -1.94. The summed E-state index contributed by atoms with van der Waals surface area (Å²) in [5, 5.41) is 10.6. The molecule has 0 heterocycles. The van der Waals surface area contributed by atoms with Gasteiger partial charge in [-0.25, -0.2) is 9.13 Å². The number of unbranched alkanes of at least 4 members (excludes halogenated alkanes) is 43. The zero-order valence-corrected chi connectivity index (χ0v) is 67.6. The molecule has 0 aromatic rings.